The summed E-state index contributed by atoms with van der Waals surface area (Å²) in [5.74, 6) is 0.449. The Hall–Kier alpha value is -0.780. The molecule has 0 amide bonds. The number of anilines is 1. The molecule has 0 heterocycles. The lowest BCUT2D eigenvalue weighted by molar-refractivity contribution is 0.583. The van der Waals surface area contributed by atoms with Crippen LogP contribution in [0.1, 0.15) is 20.8 Å². The molecule has 0 aliphatic rings. The zero-order valence-electron chi connectivity index (χ0n) is 9.21. The molecule has 0 saturated heterocycles. The summed E-state index contributed by atoms with van der Waals surface area (Å²) in [4.78, 5) is 4.32. The number of hydrogen-bond donors (Lipinski definition) is 2. The zero-order chi connectivity index (χ0) is 11.5. The standard InChI is InChI=1S/C11H16IN3/c1-11(2,3)15-10(13)14-9-6-4-5-8(12)7-9/h4-7H,1-3H3,(H3,13,14,15). The molecule has 1 aromatic rings. The highest BCUT2D eigenvalue weighted by atomic mass is 127. The Morgan fingerprint density at radius 2 is 2.07 bits per heavy atom. The lowest BCUT2D eigenvalue weighted by atomic mass is 10.1. The first-order valence-electron chi connectivity index (χ1n) is 4.75. The van der Waals surface area contributed by atoms with Crippen molar-refractivity contribution >= 4 is 34.2 Å². The summed E-state index contributed by atoms with van der Waals surface area (Å²) in [5, 5.41) is 3.06. The summed E-state index contributed by atoms with van der Waals surface area (Å²) in [6.45, 7) is 6.03. The number of rotatable bonds is 1. The molecule has 4 heteroatoms. The van der Waals surface area contributed by atoms with E-state index in [2.05, 4.69) is 32.9 Å². The number of benzene rings is 1. The van der Waals surface area contributed by atoms with Crippen molar-refractivity contribution in [2.24, 2.45) is 10.7 Å². The summed E-state index contributed by atoms with van der Waals surface area (Å²) in [6, 6.07) is 8.00. The molecular formula is C11H16IN3. The maximum Gasteiger partial charge on any atom is 0.193 e. The fourth-order valence-electron chi connectivity index (χ4n) is 1.10. The Bertz CT molecular complexity index is 366. The summed E-state index contributed by atoms with van der Waals surface area (Å²) < 4.78 is 1.17. The van der Waals surface area contributed by atoms with E-state index in [4.69, 9.17) is 5.73 Å². The average Bonchev–Trinajstić information content (AvgIpc) is 1.99. The number of halogens is 1. The number of aliphatic imine (C=N–C) groups is 1. The van der Waals surface area contributed by atoms with Crippen LogP contribution in [0.15, 0.2) is 29.3 Å². The first-order chi connectivity index (χ1) is 6.87. The highest BCUT2D eigenvalue weighted by Gasteiger charge is 2.07. The van der Waals surface area contributed by atoms with E-state index in [9.17, 15) is 0 Å². The predicted molar refractivity (Wildman–Crippen MR) is 74.2 cm³/mol. The van der Waals surface area contributed by atoms with Gasteiger partial charge in [0.1, 0.15) is 0 Å². The Balaban J connectivity index is 2.75. The van der Waals surface area contributed by atoms with Crippen molar-refractivity contribution in [2.45, 2.75) is 26.3 Å². The minimum atomic E-state index is -0.154. The SMILES string of the molecule is CC(C)(C)N=C(N)Nc1cccc(I)c1. The first-order valence-corrected chi connectivity index (χ1v) is 5.82. The van der Waals surface area contributed by atoms with E-state index in [1.807, 2.05) is 45.0 Å². The maximum absolute atomic E-state index is 5.78. The molecule has 0 aliphatic carbocycles. The summed E-state index contributed by atoms with van der Waals surface area (Å²) in [6.07, 6.45) is 0. The van der Waals surface area contributed by atoms with Crippen LogP contribution in [0, 0.1) is 3.57 Å². The van der Waals surface area contributed by atoms with Gasteiger partial charge in [0.2, 0.25) is 0 Å². The molecule has 1 aromatic carbocycles. The highest BCUT2D eigenvalue weighted by Crippen LogP contribution is 2.12. The van der Waals surface area contributed by atoms with Crippen LogP contribution in [0.4, 0.5) is 5.69 Å². The molecule has 0 atom stereocenters. The molecule has 0 unspecified atom stereocenters. The van der Waals surface area contributed by atoms with Crippen LogP contribution in [0.5, 0.6) is 0 Å². The fraction of sp³-hybridized carbons (Fsp3) is 0.364. The second kappa shape index (κ2) is 4.83. The fourth-order valence-corrected chi connectivity index (χ4v) is 1.65. The van der Waals surface area contributed by atoms with Crippen molar-refractivity contribution in [2.75, 3.05) is 5.32 Å². The zero-order valence-corrected chi connectivity index (χ0v) is 11.4. The topological polar surface area (TPSA) is 50.4 Å². The Morgan fingerprint density at radius 1 is 1.40 bits per heavy atom. The molecule has 3 N–H and O–H groups in total. The smallest absolute Gasteiger partial charge is 0.193 e. The van der Waals surface area contributed by atoms with Crippen molar-refractivity contribution in [3.63, 3.8) is 0 Å². The van der Waals surface area contributed by atoms with Crippen LogP contribution in [-0.4, -0.2) is 11.5 Å². The van der Waals surface area contributed by atoms with Gasteiger partial charge in [-0.3, -0.25) is 0 Å². The Morgan fingerprint density at radius 3 is 2.60 bits per heavy atom. The quantitative estimate of drug-likeness (QED) is 0.475. The van der Waals surface area contributed by atoms with Gasteiger partial charge in [0.05, 0.1) is 5.54 Å². The lowest BCUT2D eigenvalue weighted by Crippen LogP contribution is -2.27. The number of nitrogens with two attached hydrogens (primary N) is 1. The molecule has 0 spiro atoms. The van der Waals surface area contributed by atoms with Crippen molar-refractivity contribution in [3.8, 4) is 0 Å². The van der Waals surface area contributed by atoms with E-state index in [1.54, 1.807) is 0 Å². The van der Waals surface area contributed by atoms with Crippen LogP contribution in [0.25, 0.3) is 0 Å². The molecule has 0 fully saturated rings. The molecular weight excluding hydrogens is 301 g/mol. The van der Waals surface area contributed by atoms with Crippen molar-refractivity contribution in [1.29, 1.82) is 0 Å². The molecule has 0 bridgehead atoms. The van der Waals surface area contributed by atoms with Gasteiger partial charge in [0.25, 0.3) is 0 Å². The third-order valence-corrected chi connectivity index (χ3v) is 2.22. The van der Waals surface area contributed by atoms with Gasteiger partial charge < -0.3 is 11.1 Å². The van der Waals surface area contributed by atoms with Crippen LogP contribution in [-0.2, 0) is 0 Å². The molecule has 0 radical (unpaired) electrons. The molecule has 82 valence electrons. The number of hydrogen-bond acceptors (Lipinski definition) is 1. The minimum Gasteiger partial charge on any atom is -0.370 e. The summed E-state index contributed by atoms with van der Waals surface area (Å²) in [5.41, 5.74) is 6.59. The van der Waals surface area contributed by atoms with Gasteiger partial charge in [-0.25, -0.2) is 4.99 Å². The van der Waals surface area contributed by atoms with Gasteiger partial charge in [-0.15, -0.1) is 0 Å². The monoisotopic (exact) mass is 317 g/mol. The van der Waals surface area contributed by atoms with Gasteiger partial charge in [0, 0.05) is 9.26 Å². The van der Waals surface area contributed by atoms with Gasteiger partial charge in [-0.05, 0) is 61.6 Å². The van der Waals surface area contributed by atoms with E-state index in [1.165, 1.54) is 3.57 Å². The second-order valence-corrected chi connectivity index (χ2v) is 5.55. The highest BCUT2D eigenvalue weighted by molar-refractivity contribution is 14.1. The third kappa shape index (κ3) is 5.01. The van der Waals surface area contributed by atoms with Crippen LogP contribution >= 0.6 is 22.6 Å². The predicted octanol–water partition coefficient (Wildman–Crippen LogP) is 2.82. The number of guanidine groups is 1. The van der Waals surface area contributed by atoms with E-state index < -0.39 is 0 Å². The van der Waals surface area contributed by atoms with Gasteiger partial charge in [0.15, 0.2) is 5.96 Å². The number of nitrogens with one attached hydrogen (secondary N) is 1. The van der Waals surface area contributed by atoms with Crippen molar-refractivity contribution in [1.82, 2.24) is 0 Å². The molecule has 0 aliphatic heterocycles. The lowest BCUT2D eigenvalue weighted by Gasteiger charge is -2.14. The van der Waals surface area contributed by atoms with E-state index in [-0.39, 0.29) is 5.54 Å². The third-order valence-electron chi connectivity index (χ3n) is 1.55. The molecule has 1 rings (SSSR count). The van der Waals surface area contributed by atoms with Gasteiger partial charge in [-0.1, -0.05) is 6.07 Å². The molecule has 3 nitrogen and oxygen atoms in total. The molecule has 0 saturated carbocycles. The maximum atomic E-state index is 5.78. The second-order valence-electron chi connectivity index (χ2n) is 4.30. The van der Waals surface area contributed by atoms with Gasteiger partial charge in [-0.2, -0.15) is 0 Å². The van der Waals surface area contributed by atoms with Crippen LogP contribution in [0.2, 0.25) is 0 Å². The van der Waals surface area contributed by atoms with Gasteiger partial charge >= 0.3 is 0 Å². The number of nitrogens with zero attached hydrogens (tertiary/aromatic N) is 1. The first kappa shape index (κ1) is 12.3. The average molecular weight is 317 g/mol. The summed E-state index contributed by atoms with van der Waals surface area (Å²) >= 11 is 2.26. The van der Waals surface area contributed by atoms with Crippen LogP contribution < -0.4 is 11.1 Å². The minimum absolute atomic E-state index is 0.154. The van der Waals surface area contributed by atoms with Crippen molar-refractivity contribution < 1.29 is 0 Å². The Labute approximate surface area is 104 Å². The van der Waals surface area contributed by atoms with E-state index in [0.717, 1.165) is 5.69 Å². The molecule has 15 heavy (non-hydrogen) atoms. The normalized spacial score (nSPS) is 12.7. The van der Waals surface area contributed by atoms with Crippen molar-refractivity contribution in [3.05, 3.63) is 27.8 Å². The largest absolute Gasteiger partial charge is 0.370 e. The summed E-state index contributed by atoms with van der Waals surface area (Å²) in [7, 11) is 0. The molecule has 0 aromatic heterocycles. The Kier molecular flexibility index (Phi) is 3.96. The van der Waals surface area contributed by atoms with E-state index >= 15 is 0 Å². The van der Waals surface area contributed by atoms with E-state index in [0.29, 0.717) is 5.96 Å². The van der Waals surface area contributed by atoms with Crippen LogP contribution in [0.3, 0.4) is 0 Å².